The molecule has 1 heterocycles. The molecular formula is C26H20F6N3O5-. The van der Waals surface area contributed by atoms with Crippen molar-refractivity contribution in [3.63, 3.8) is 0 Å². The summed E-state index contributed by atoms with van der Waals surface area (Å²) in [5.74, 6) is -3.18. The molecule has 0 atom stereocenters. The van der Waals surface area contributed by atoms with Crippen molar-refractivity contribution < 1.29 is 50.6 Å². The summed E-state index contributed by atoms with van der Waals surface area (Å²) < 4.78 is 82.5. The Morgan fingerprint density at radius 2 is 1.62 bits per heavy atom. The molecule has 2 amide bonds. The van der Waals surface area contributed by atoms with E-state index in [-0.39, 0.29) is 11.6 Å². The number of benzene rings is 2. The van der Waals surface area contributed by atoms with E-state index in [1.807, 2.05) is 12.2 Å². The number of ether oxygens (including phenoxy) is 1. The highest BCUT2D eigenvalue weighted by Crippen LogP contribution is 2.42. The zero-order chi connectivity index (χ0) is 29.8. The second-order valence-electron chi connectivity index (χ2n) is 8.51. The molecule has 2 N–H and O–H groups in total. The van der Waals surface area contributed by atoms with Crippen molar-refractivity contribution in [2.75, 3.05) is 17.2 Å². The summed E-state index contributed by atoms with van der Waals surface area (Å²) in [7, 11) is 0. The first-order valence-corrected chi connectivity index (χ1v) is 11.3. The number of carboxylic acid groups (broad SMARTS) is 1. The minimum atomic E-state index is -5.25. The fourth-order valence-corrected chi connectivity index (χ4v) is 3.65. The minimum absolute atomic E-state index is 0.112. The van der Waals surface area contributed by atoms with Gasteiger partial charge in [0.05, 0.1) is 23.4 Å². The Balaban J connectivity index is 1.88. The Hall–Kier alpha value is -4.62. The molecule has 0 unspecified atom stereocenters. The molecule has 0 aliphatic rings. The second kappa shape index (κ2) is 11.6. The number of Topliss-reactive ketones (excluding diaryl/α,β-unsaturated/α-hetero) is 1. The first-order valence-electron chi connectivity index (χ1n) is 11.3. The van der Waals surface area contributed by atoms with Crippen molar-refractivity contribution in [2.24, 2.45) is 0 Å². The lowest BCUT2D eigenvalue weighted by molar-refractivity contribution is -0.242. The molecule has 3 rings (SSSR count). The van der Waals surface area contributed by atoms with Crippen molar-refractivity contribution in [1.29, 1.82) is 0 Å². The molecule has 14 heteroatoms. The third-order valence-corrected chi connectivity index (χ3v) is 5.60. The monoisotopic (exact) mass is 568 g/mol. The van der Waals surface area contributed by atoms with Crippen LogP contribution in [0.3, 0.4) is 0 Å². The maximum absolute atomic E-state index is 13.6. The highest BCUT2D eigenvalue weighted by Gasteiger charge is 2.37. The van der Waals surface area contributed by atoms with Crippen molar-refractivity contribution in [1.82, 2.24) is 4.98 Å². The maximum atomic E-state index is 13.6. The van der Waals surface area contributed by atoms with Crippen LogP contribution in [0, 0.1) is 13.8 Å². The van der Waals surface area contributed by atoms with Crippen LogP contribution in [0.4, 0.5) is 42.5 Å². The molecule has 0 saturated carbocycles. The lowest BCUT2D eigenvalue weighted by Crippen LogP contribution is -2.30. The quantitative estimate of drug-likeness (QED) is 0.216. The van der Waals surface area contributed by atoms with Gasteiger partial charge in [-0.1, -0.05) is 18.2 Å². The summed E-state index contributed by atoms with van der Waals surface area (Å²) in [5, 5.41) is 14.6. The zero-order valence-electron chi connectivity index (χ0n) is 20.8. The summed E-state index contributed by atoms with van der Waals surface area (Å²) in [6.45, 7) is 1.55. The van der Waals surface area contributed by atoms with Gasteiger partial charge >= 0.3 is 12.4 Å². The summed E-state index contributed by atoms with van der Waals surface area (Å²) in [5.41, 5.74) is -0.0964. The number of nitrogens with zero attached hydrogens (tertiary/aromatic N) is 1. The van der Waals surface area contributed by atoms with E-state index >= 15 is 0 Å². The largest absolute Gasteiger partial charge is 0.530 e. The first kappa shape index (κ1) is 29.9. The van der Waals surface area contributed by atoms with Crippen LogP contribution in [0.1, 0.15) is 33.6 Å². The second-order valence-corrected chi connectivity index (χ2v) is 8.51. The number of carbonyl (C=O) groups excluding carboxylic acids is 3. The highest BCUT2D eigenvalue weighted by atomic mass is 19.4. The van der Waals surface area contributed by atoms with E-state index in [9.17, 15) is 45.8 Å². The molecule has 0 fully saturated rings. The Bertz CT molecular complexity index is 1450. The van der Waals surface area contributed by atoms with Gasteiger partial charge in [-0.25, -0.2) is 0 Å². The van der Waals surface area contributed by atoms with Gasteiger partial charge in [-0.3, -0.25) is 14.6 Å². The van der Waals surface area contributed by atoms with Crippen molar-refractivity contribution in [3.8, 4) is 16.9 Å². The molecular weight excluding hydrogens is 548 g/mol. The Labute approximate surface area is 223 Å². The molecule has 0 spiro atoms. The summed E-state index contributed by atoms with van der Waals surface area (Å²) in [4.78, 5) is 40.6. The van der Waals surface area contributed by atoms with E-state index in [2.05, 4.69) is 9.72 Å². The van der Waals surface area contributed by atoms with Crippen molar-refractivity contribution in [3.05, 3.63) is 71.0 Å². The number of halogens is 6. The first-order chi connectivity index (χ1) is 18.5. The number of nitrogens with one attached hydrogen (secondary N) is 2. The number of aromatic nitrogens is 1. The van der Waals surface area contributed by atoms with Crippen LogP contribution in [0.25, 0.3) is 11.1 Å². The lowest BCUT2D eigenvalue weighted by atomic mass is 9.97. The molecule has 0 saturated heterocycles. The fraction of sp³-hybridized carbons (Fsp3) is 0.231. The number of hydrogen-bond acceptors (Lipinski definition) is 6. The van der Waals surface area contributed by atoms with Gasteiger partial charge in [0.25, 0.3) is 0 Å². The average Bonchev–Trinajstić information content (AvgIpc) is 2.84. The third kappa shape index (κ3) is 7.71. The van der Waals surface area contributed by atoms with Crippen molar-refractivity contribution >= 4 is 29.2 Å². The zero-order valence-corrected chi connectivity index (χ0v) is 20.8. The number of amides is 2. The number of hydrogen-bond donors (Lipinski definition) is 2. The number of ketones is 1. The number of alkyl halides is 6. The topological polar surface area (TPSA) is 120 Å². The fourth-order valence-electron chi connectivity index (χ4n) is 3.65. The molecule has 0 bridgehead atoms. The van der Waals surface area contributed by atoms with Crippen LogP contribution in [-0.2, 0) is 11.0 Å². The van der Waals surface area contributed by atoms with Gasteiger partial charge in [0.15, 0.2) is 12.4 Å². The maximum Gasteiger partial charge on any atom is 0.422 e. The number of rotatable bonds is 8. The SMILES string of the molecule is Cc1nccc(-c2cccc(C(=O)CC(=O)Nc3cc(C(F)(F)F)c(OCC(F)(F)F)cc3NC(=O)[O-])c2)c1C. The van der Waals surface area contributed by atoms with Gasteiger partial charge in [0.1, 0.15) is 11.8 Å². The smallest absolute Gasteiger partial charge is 0.422 e. The minimum Gasteiger partial charge on any atom is -0.530 e. The predicted molar refractivity (Wildman–Crippen MR) is 129 cm³/mol. The van der Waals surface area contributed by atoms with E-state index in [0.29, 0.717) is 11.6 Å². The molecule has 2 aromatic carbocycles. The van der Waals surface area contributed by atoms with E-state index in [4.69, 9.17) is 0 Å². The molecule has 1 aromatic heterocycles. The average molecular weight is 568 g/mol. The van der Waals surface area contributed by atoms with Crippen LogP contribution in [0.5, 0.6) is 5.75 Å². The Morgan fingerprint density at radius 3 is 2.25 bits per heavy atom. The predicted octanol–water partition coefficient (Wildman–Crippen LogP) is 5.29. The van der Waals surface area contributed by atoms with Gasteiger partial charge in [-0.2, -0.15) is 26.3 Å². The summed E-state index contributed by atoms with van der Waals surface area (Å²) in [6, 6.07) is 8.52. The van der Waals surface area contributed by atoms with Gasteiger partial charge < -0.3 is 25.3 Å². The summed E-state index contributed by atoms with van der Waals surface area (Å²) >= 11 is 0. The van der Waals surface area contributed by atoms with Crippen LogP contribution >= 0.6 is 0 Å². The molecule has 212 valence electrons. The van der Waals surface area contributed by atoms with Gasteiger partial charge in [-0.05, 0) is 48.7 Å². The highest BCUT2D eigenvalue weighted by molar-refractivity contribution is 6.12. The van der Waals surface area contributed by atoms with Crippen LogP contribution in [0.2, 0.25) is 0 Å². The van der Waals surface area contributed by atoms with Crippen LogP contribution in [-0.4, -0.2) is 35.6 Å². The molecule has 3 aromatic rings. The molecule has 0 radical (unpaired) electrons. The van der Waals surface area contributed by atoms with Gasteiger partial charge in [0.2, 0.25) is 5.91 Å². The van der Waals surface area contributed by atoms with Gasteiger partial charge in [-0.15, -0.1) is 0 Å². The molecule has 0 aliphatic heterocycles. The van der Waals surface area contributed by atoms with E-state index in [0.717, 1.165) is 16.8 Å². The van der Waals surface area contributed by atoms with E-state index < -0.39 is 65.9 Å². The summed E-state index contributed by atoms with van der Waals surface area (Å²) in [6.07, 6.45) is -11.5. The number of aryl methyl sites for hydroxylation is 1. The number of anilines is 2. The molecule has 0 aliphatic carbocycles. The normalized spacial score (nSPS) is 11.6. The van der Waals surface area contributed by atoms with Crippen LogP contribution in [0.15, 0.2) is 48.7 Å². The van der Waals surface area contributed by atoms with Gasteiger partial charge in [0, 0.05) is 23.5 Å². The van der Waals surface area contributed by atoms with Crippen molar-refractivity contribution in [2.45, 2.75) is 32.6 Å². The Kier molecular flexibility index (Phi) is 8.71. The number of pyridine rings is 1. The van der Waals surface area contributed by atoms with E-state index in [1.165, 1.54) is 12.1 Å². The van der Waals surface area contributed by atoms with E-state index in [1.54, 1.807) is 36.6 Å². The Morgan fingerprint density at radius 1 is 0.950 bits per heavy atom. The third-order valence-electron chi connectivity index (χ3n) is 5.60. The van der Waals surface area contributed by atoms with Crippen LogP contribution < -0.4 is 20.5 Å². The number of carbonyl (C=O) groups is 3. The molecule has 8 nitrogen and oxygen atoms in total. The standard InChI is InChI=1S/C26H21F6N3O5/c1-13-14(2)33-7-6-17(13)15-4-3-5-16(8-15)21(36)11-23(37)34-19-9-18(26(30,31)32)22(40-12-25(27,28)29)10-20(19)35-24(38)39/h3-10,35H,11-12H2,1-2H3,(H,34,37)(H,38,39)/p-1. The molecule has 40 heavy (non-hydrogen) atoms. The lowest BCUT2D eigenvalue weighted by Gasteiger charge is -2.20.